The molecule has 130 valence electrons. The molecule has 0 aliphatic carbocycles. The zero-order valence-corrected chi connectivity index (χ0v) is 14.3. The summed E-state index contributed by atoms with van der Waals surface area (Å²) in [4.78, 5) is 8.67. The molecule has 0 saturated carbocycles. The highest BCUT2D eigenvalue weighted by atomic mass is 19.1. The van der Waals surface area contributed by atoms with Gasteiger partial charge in [-0.2, -0.15) is 9.61 Å². The fraction of sp³-hybridized carbons (Fsp3) is 0.150. The molecule has 6 heteroatoms. The standard InChI is InChI=1S/C20H18FN5/c1-14(12-15-6-9-22-10-7-15)24-20-13-18(16-2-4-17(21)5-3-16)25-19-8-11-23-26(19)20/h2-11,13-14,24H,12H2,1H3/t14-/m0/s1. The van der Waals surface area contributed by atoms with E-state index in [2.05, 4.69) is 27.3 Å². The number of nitrogens with one attached hydrogen (secondary N) is 1. The van der Waals surface area contributed by atoms with Crippen molar-refractivity contribution in [2.24, 2.45) is 0 Å². The minimum atomic E-state index is -0.261. The van der Waals surface area contributed by atoms with E-state index in [1.54, 1.807) is 35.2 Å². The molecule has 5 nitrogen and oxygen atoms in total. The van der Waals surface area contributed by atoms with Gasteiger partial charge in [0.1, 0.15) is 11.6 Å². The lowest BCUT2D eigenvalue weighted by Gasteiger charge is -2.17. The van der Waals surface area contributed by atoms with Crippen LogP contribution in [0, 0.1) is 5.82 Å². The Labute approximate surface area is 150 Å². The Morgan fingerprint density at radius 2 is 1.81 bits per heavy atom. The molecule has 0 saturated heterocycles. The van der Waals surface area contributed by atoms with Gasteiger partial charge in [-0.1, -0.05) is 0 Å². The van der Waals surface area contributed by atoms with Gasteiger partial charge >= 0.3 is 0 Å². The first kappa shape index (κ1) is 16.2. The van der Waals surface area contributed by atoms with E-state index in [-0.39, 0.29) is 11.9 Å². The first-order chi connectivity index (χ1) is 12.7. The molecule has 0 aliphatic heterocycles. The molecule has 0 spiro atoms. The van der Waals surface area contributed by atoms with Crippen LogP contribution >= 0.6 is 0 Å². The summed E-state index contributed by atoms with van der Waals surface area (Å²) < 4.78 is 15.0. The molecule has 0 aliphatic rings. The van der Waals surface area contributed by atoms with Crippen LogP contribution < -0.4 is 5.32 Å². The predicted octanol–water partition coefficient (Wildman–Crippen LogP) is 3.97. The largest absolute Gasteiger partial charge is 0.367 e. The van der Waals surface area contributed by atoms with E-state index in [1.165, 1.54) is 17.7 Å². The van der Waals surface area contributed by atoms with Gasteiger partial charge in [-0.3, -0.25) is 4.98 Å². The zero-order chi connectivity index (χ0) is 17.9. The van der Waals surface area contributed by atoms with Crippen LogP contribution in [0.5, 0.6) is 0 Å². The van der Waals surface area contributed by atoms with Gasteiger partial charge in [-0.15, -0.1) is 0 Å². The van der Waals surface area contributed by atoms with Crippen LogP contribution in [0.25, 0.3) is 16.9 Å². The van der Waals surface area contributed by atoms with Gasteiger partial charge in [-0.25, -0.2) is 9.37 Å². The lowest BCUT2D eigenvalue weighted by Crippen LogP contribution is -2.20. The number of benzene rings is 1. The second-order valence-electron chi connectivity index (χ2n) is 6.24. The molecule has 0 amide bonds. The molecular weight excluding hydrogens is 329 g/mol. The van der Waals surface area contributed by atoms with Crippen LogP contribution in [0.15, 0.2) is 67.1 Å². The van der Waals surface area contributed by atoms with Crippen molar-refractivity contribution in [3.05, 3.63) is 78.5 Å². The molecule has 0 bridgehead atoms. The summed E-state index contributed by atoms with van der Waals surface area (Å²) in [6.07, 6.45) is 6.18. The summed E-state index contributed by atoms with van der Waals surface area (Å²) in [6, 6.07) is 14.4. The number of rotatable bonds is 5. The molecule has 1 atom stereocenters. The normalized spacial score (nSPS) is 12.2. The number of hydrogen-bond acceptors (Lipinski definition) is 4. The fourth-order valence-electron chi connectivity index (χ4n) is 2.96. The van der Waals surface area contributed by atoms with Crippen LogP contribution in [-0.2, 0) is 6.42 Å². The third kappa shape index (κ3) is 3.39. The molecule has 0 fully saturated rings. The highest BCUT2D eigenvalue weighted by molar-refractivity contribution is 5.66. The third-order valence-electron chi connectivity index (χ3n) is 4.18. The van der Waals surface area contributed by atoms with Crippen LogP contribution in [-0.4, -0.2) is 25.6 Å². The van der Waals surface area contributed by atoms with Crippen LogP contribution in [0.1, 0.15) is 12.5 Å². The Hall–Kier alpha value is -3.28. The highest BCUT2D eigenvalue weighted by Gasteiger charge is 2.11. The van der Waals surface area contributed by atoms with E-state index in [0.29, 0.717) is 0 Å². The Morgan fingerprint density at radius 3 is 2.58 bits per heavy atom. The van der Waals surface area contributed by atoms with Gasteiger partial charge < -0.3 is 5.32 Å². The van der Waals surface area contributed by atoms with Gasteiger partial charge in [0, 0.05) is 36.1 Å². The van der Waals surface area contributed by atoms with Crippen molar-refractivity contribution in [2.75, 3.05) is 5.32 Å². The lowest BCUT2D eigenvalue weighted by atomic mass is 10.1. The summed E-state index contributed by atoms with van der Waals surface area (Å²) in [6.45, 7) is 2.12. The van der Waals surface area contributed by atoms with Gasteiger partial charge in [0.25, 0.3) is 0 Å². The van der Waals surface area contributed by atoms with Crippen molar-refractivity contribution < 1.29 is 4.39 Å². The topological polar surface area (TPSA) is 55.1 Å². The maximum Gasteiger partial charge on any atom is 0.157 e. The van der Waals surface area contributed by atoms with Gasteiger partial charge in [0.15, 0.2) is 5.65 Å². The number of anilines is 1. The Morgan fingerprint density at radius 1 is 1.04 bits per heavy atom. The number of hydrogen-bond donors (Lipinski definition) is 1. The van der Waals surface area contributed by atoms with E-state index >= 15 is 0 Å². The molecule has 4 rings (SSSR count). The Balaban J connectivity index is 1.65. The molecule has 4 aromatic rings. The number of pyridine rings is 1. The minimum absolute atomic E-state index is 0.188. The van der Waals surface area contributed by atoms with E-state index in [1.807, 2.05) is 24.3 Å². The second-order valence-corrected chi connectivity index (χ2v) is 6.24. The van der Waals surface area contributed by atoms with Crippen LogP contribution in [0.3, 0.4) is 0 Å². The maximum absolute atomic E-state index is 13.2. The van der Waals surface area contributed by atoms with Crippen molar-refractivity contribution in [1.82, 2.24) is 19.6 Å². The maximum atomic E-state index is 13.2. The smallest absolute Gasteiger partial charge is 0.157 e. The molecule has 3 heterocycles. The number of fused-ring (bicyclic) bond motifs is 1. The average Bonchev–Trinajstić information content (AvgIpc) is 3.12. The quantitative estimate of drug-likeness (QED) is 0.593. The lowest BCUT2D eigenvalue weighted by molar-refractivity contribution is 0.628. The summed E-state index contributed by atoms with van der Waals surface area (Å²) in [5.41, 5.74) is 3.59. The van der Waals surface area contributed by atoms with Gasteiger partial charge in [-0.05, 0) is 55.3 Å². The molecular formula is C20H18FN5. The monoisotopic (exact) mass is 347 g/mol. The summed E-state index contributed by atoms with van der Waals surface area (Å²) in [5.74, 6) is 0.587. The fourth-order valence-corrected chi connectivity index (χ4v) is 2.96. The van der Waals surface area contributed by atoms with Crippen molar-refractivity contribution in [1.29, 1.82) is 0 Å². The van der Waals surface area contributed by atoms with E-state index in [0.717, 1.165) is 29.1 Å². The Kier molecular flexibility index (Phi) is 4.31. The van der Waals surface area contributed by atoms with Crippen LogP contribution in [0.4, 0.5) is 10.2 Å². The van der Waals surface area contributed by atoms with Crippen molar-refractivity contribution in [3.63, 3.8) is 0 Å². The molecule has 26 heavy (non-hydrogen) atoms. The Bertz CT molecular complexity index is 1010. The first-order valence-corrected chi connectivity index (χ1v) is 8.45. The van der Waals surface area contributed by atoms with Gasteiger partial charge in [0.2, 0.25) is 0 Å². The van der Waals surface area contributed by atoms with E-state index < -0.39 is 0 Å². The third-order valence-corrected chi connectivity index (χ3v) is 4.18. The van der Waals surface area contributed by atoms with Crippen molar-refractivity contribution in [3.8, 4) is 11.3 Å². The van der Waals surface area contributed by atoms with Gasteiger partial charge in [0.05, 0.1) is 11.9 Å². The van der Waals surface area contributed by atoms with E-state index in [9.17, 15) is 4.39 Å². The average molecular weight is 347 g/mol. The molecule has 3 aromatic heterocycles. The van der Waals surface area contributed by atoms with E-state index in [4.69, 9.17) is 0 Å². The summed E-state index contributed by atoms with van der Waals surface area (Å²) in [7, 11) is 0. The number of nitrogens with zero attached hydrogens (tertiary/aromatic N) is 4. The second kappa shape index (κ2) is 6.92. The van der Waals surface area contributed by atoms with Crippen molar-refractivity contribution in [2.45, 2.75) is 19.4 Å². The molecule has 0 radical (unpaired) electrons. The number of aromatic nitrogens is 4. The first-order valence-electron chi connectivity index (χ1n) is 8.45. The minimum Gasteiger partial charge on any atom is -0.367 e. The summed E-state index contributed by atoms with van der Waals surface area (Å²) >= 11 is 0. The summed E-state index contributed by atoms with van der Waals surface area (Å²) in [5, 5.41) is 7.86. The zero-order valence-electron chi connectivity index (χ0n) is 14.3. The molecule has 0 unspecified atom stereocenters. The molecule has 1 N–H and O–H groups in total. The SMILES string of the molecule is C[C@@H](Cc1ccncc1)Nc1cc(-c2ccc(F)cc2)nc2ccnn12. The highest BCUT2D eigenvalue weighted by Crippen LogP contribution is 2.23. The van der Waals surface area contributed by atoms with Crippen molar-refractivity contribution >= 4 is 11.5 Å². The molecule has 1 aromatic carbocycles. The predicted molar refractivity (Wildman–Crippen MR) is 99.4 cm³/mol. The van der Waals surface area contributed by atoms with Crippen LogP contribution in [0.2, 0.25) is 0 Å². The number of halogens is 1.